The largest absolute Gasteiger partial charge is 0.355 e. The average Bonchev–Trinajstić information content (AvgIpc) is 3.21. The van der Waals surface area contributed by atoms with Crippen LogP contribution in [0.2, 0.25) is 0 Å². The zero-order chi connectivity index (χ0) is 17.9. The van der Waals surface area contributed by atoms with Crippen LogP contribution in [-0.2, 0) is 11.2 Å². The first kappa shape index (κ1) is 16.6. The lowest BCUT2D eigenvalue weighted by Gasteiger charge is -2.05. The van der Waals surface area contributed by atoms with Gasteiger partial charge in [-0.25, -0.2) is 14.5 Å². The van der Waals surface area contributed by atoms with Crippen LogP contribution in [0.3, 0.4) is 0 Å². The van der Waals surface area contributed by atoms with Gasteiger partial charge >= 0.3 is 0 Å². The number of benzene rings is 2. The number of H-pyrrole nitrogens is 1. The van der Waals surface area contributed by atoms with Crippen molar-refractivity contribution in [3.8, 4) is 0 Å². The fraction of sp³-hybridized carbons (Fsp3) is 0.167. The molecule has 2 heterocycles. The van der Waals surface area contributed by atoms with Crippen molar-refractivity contribution in [1.82, 2.24) is 24.9 Å². The van der Waals surface area contributed by atoms with E-state index in [1.54, 1.807) is 12.1 Å². The van der Waals surface area contributed by atoms with Gasteiger partial charge in [0.25, 0.3) is 0 Å². The van der Waals surface area contributed by atoms with Gasteiger partial charge in [0.15, 0.2) is 5.16 Å². The van der Waals surface area contributed by atoms with Crippen molar-refractivity contribution >= 4 is 34.5 Å². The first-order valence-electron chi connectivity index (χ1n) is 8.16. The lowest BCUT2D eigenvalue weighted by molar-refractivity contribution is -0.118. The van der Waals surface area contributed by atoms with E-state index in [1.807, 2.05) is 28.7 Å². The summed E-state index contributed by atoms with van der Waals surface area (Å²) in [5.74, 6) is 0.588. The first-order chi connectivity index (χ1) is 12.7. The SMILES string of the molecule is O=C(CSc1n[nH]c2nc3ccccc3n12)NCCc1ccc(F)cc1. The molecule has 2 N–H and O–H groups in total. The van der Waals surface area contributed by atoms with Crippen molar-refractivity contribution in [1.29, 1.82) is 0 Å². The lowest BCUT2D eigenvalue weighted by atomic mass is 10.1. The van der Waals surface area contributed by atoms with Crippen LogP contribution < -0.4 is 5.32 Å². The Balaban J connectivity index is 1.34. The van der Waals surface area contributed by atoms with Crippen LogP contribution in [0.1, 0.15) is 5.56 Å². The van der Waals surface area contributed by atoms with E-state index >= 15 is 0 Å². The van der Waals surface area contributed by atoms with Crippen LogP contribution in [0.25, 0.3) is 16.8 Å². The summed E-state index contributed by atoms with van der Waals surface area (Å²) in [4.78, 5) is 16.5. The predicted molar refractivity (Wildman–Crippen MR) is 98.7 cm³/mol. The molecule has 0 saturated heterocycles. The quantitative estimate of drug-likeness (QED) is 0.513. The molecule has 0 aliphatic heterocycles. The Labute approximate surface area is 152 Å². The van der Waals surface area contributed by atoms with Gasteiger partial charge in [0.1, 0.15) is 5.82 Å². The number of halogens is 1. The number of para-hydroxylation sites is 2. The molecule has 0 bridgehead atoms. The highest BCUT2D eigenvalue weighted by molar-refractivity contribution is 7.99. The highest BCUT2D eigenvalue weighted by Gasteiger charge is 2.13. The van der Waals surface area contributed by atoms with E-state index in [1.165, 1.54) is 23.9 Å². The zero-order valence-corrected chi connectivity index (χ0v) is 14.6. The van der Waals surface area contributed by atoms with Gasteiger partial charge in [-0.15, -0.1) is 5.10 Å². The number of aromatic nitrogens is 4. The number of thioether (sulfide) groups is 1. The van der Waals surface area contributed by atoms with Crippen molar-refractivity contribution in [3.63, 3.8) is 0 Å². The average molecular weight is 369 g/mol. The molecule has 2 aromatic heterocycles. The smallest absolute Gasteiger partial charge is 0.231 e. The fourth-order valence-corrected chi connectivity index (χ4v) is 3.50. The molecule has 0 unspecified atom stereocenters. The Kier molecular flexibility index (Phi) is 4.57. The third-order valence-corrected chi connectivity index (χ3v) is 4.92. The summed E-state index contributed by atoms with van der Waals surface area (Å²) < 4.78 is 14.8. The fourth-order valence-electron chi connectivity index (χ4n) is 2.72. The number of nitrogens with zero attached hydrogens (tertiary/aromatic N) is 3. The molecule has 132 valence electrons. The van der Waals surface area contributed by atoms with Gasteiger partial charge in [-0.2, -0.15) is 0 Å². The minimum absolute atomic E-state index is 0.0716. The number of hydrogen-bond donors (Lipinski definition) is 2. The Hall–Kier alpha value is -2.87. The van der Waals surface area contributed by atoms with E-state index in [0.717, 1.165) is 16.6 Å². The van der Waals surface area contributed by atoms with Crippen LogP contribution in [-0.4, -0.2) is 37.8 Å². The normalized spacial score (nSPS) is 11.3. The molecule has 0 radical (unpaired) electrons. The molecule has 4 rings (SSSR count). The summed E-state index contributed by atoms with van der Waals surface area (Å²) in [6.07, 6.45) is 0.662. The van der Waals surface area contributed by atoms with Crippen LogP contribution >= 0.6 is 11.8 Å². The second-order valence-electron chi connectivity index (χ2n) is 5.78. The molecule has 4 aromatic rings. The number of amides is 1. The number of imidazole rings is 1. The molecule has 2 aromatic carbocycles. The van der Waals surface area contributed by atoms with Crippen molar-refractivity contribution in [3.05, 3.63) is 59.9 Å². The monoisotopic (exact) mass is 369 g/mol. The number of rotatable bonds is 6. The lowest BCUT2D eigenvalue weighted by Crippen LogP contribution is -2.27. The maximum atomic E-state index is 12.9. The molecule has 26 heavy (non-hydrogen) atoms. The third-order valence-electron chi connectivity index (χ3n) is 3.99. The van der Waals surface area contributed by atoms with Crippen molar-refractivity contribution in [2.24, 2.45) is 0 Å². The summed E-state index contributed by atoms with van der Waals surface area (Å²) >= 11 is 1.35. The standard InChI is InChI=1S/C18H16FN5OS/c19-13-7-5-12(6-8-13)9-10-20-16(25)11-26-18-23-22-17-21-14-3-1-2-4-15(14)24(17)18/h1-8H,9-11H2,(H,20,25)(H,21,22). The van der Waals surface area contributed by atoms with E-state index in [9.17, 15) is 9.18 Å². The summed E-state index contributed by atoms with van der Waals surface area (Å²) in [7, 11) is 0. The maximum absolute atomic E-state index is 12.9. The maximum Gasteiger partial charge on any atom is 0.231 e. The molecule has 1 amide bonds. The van der Waals surface area contributed by atoms with Gasteiger partial charge in [-0.1, -0.05) is 36.0 Å². The molecule has 0 saturated carbocycles. The first-order valence-corrected chi connectivity index (χ1v) is 9.15. The minimum atomic E-state index is -0.258. The Bertz CT molecular complexity index is 1060. The second kappa shape index (κ2) is 7.17. The minimum Gasteiger partial charge on any atom is -0.355 e. The van der Waals surface area contributed by atoms with E-state index in [-0.39, 0.29) is 17.5 Å². The topological polar surface area (TPSA) is 75.1 Å². The van der Waals surface area contributed by atoms with Crippen LogP contribution in [0, 0.1) is 5.82 Å². The van der Waals surface area contributed by atoms with Crippen molar-refractivity contribution < 1.29 is 9.18 Å². The number of fused-ring (bicyclic) bond motifs is 3. The van der Waals surface area contributed by atoms with Crippen molar-refractivity contribution in [2.75, 3.05) is 12.3 Å². The van der Waals surface area contributed by atoms with Gasteiger partial charge < -0.3 is 5.32 Å². The summed E-state index contributed by atoms with van der Waals surface area (Å²) in [5.41, 5.74) is 2.82. The molecule has 0 fully saturated rings. The number of carbonyl (C=O) groups excluding carboxylic acids is 1. The molecule has 0 aliphatic carbocycles. The molecular weight excluding hydrogens is 353 g/mol. The number of aromatic amines is 1. The number of nitrogens with one attached hydrogen (secondary N) is 2. The number of hydrogen-bond acceptors (Lipinski definition) is 4. The second-order valence-corrected chi connectivity index (χ2v) is 6.72. The number of carbonyl (C=O) groups is 1. The van der Waals surface area contributed by atoms with Crippen LogP contribution in [0.15, 0.2) is 53.7 Å². The van der Waals surface area contributed by atoms with E-state index in [0.29, 0.717) is 23.9 Å². The summed E-state index contributed by atoms with van der Waals surface area (Å²) in [6, 6.07) is 14.1. The van der Waals surface area contributed by atoms with E-state index in [2.05, 4.69) is 20.5 Å². The molecule has 0 aliphatic rings. The zero-order valence-electron chi connectivity index (χ0n) is 13.8. The van der Waals surface area contributed by atoms with Gasteiger partial charge in [-0.3, -0.25) is 9.20 Å². The molecule has 0 spiro atoms. The summed E-state index contributed by atoms with van der Waals surface area (Å²) in [5, 5.41) is 10.7. The highest BCUT2D eigenvalue weighted by atomic mass is 32.2. The third kappa shape index (κ3) is 3.41. The van der Waals surface area contributed by atoms with Gasteiger partial charge in [0.05, 0.1) is 16.8 Å². The highest BCUT2D eigenvalue weighted by Crippen LogP contribution is 2.22. The molecule has 0 atom stereocenters. The van der Waals surface area contributed by atoms with Gasteiger partial charge in [-0.05, 0) is 36.2 Å². The van der Waals surface area contributed by atoms with Crippen molar-refractivity contribution in [2.45, 2.75) is 11.6 Å². The Morgan fingerprint density at radius 1 is 1.19 bits per heavy atom. The summed E-state index contributed by atoms with van der Waals surface area (Å²) in [6.45, 7) is 0.509. The van der Waals surface area contributed by atoms with Gasteiger partial charge in [0, 0.05) is 6.54 Å². The predicted octanol–water partition coefficient (Wildman–Crippen LogP) is 2.80. The molecule has 6 nitrogen and oxygen atoms in total. The van der Waals surface area contributed by atoms with Gasteiger partial charge in [0.2, 0.25) is 11.7 Å². The van der Waals surface area contributed by atoms with Crippen LogP contribution in [0.5, 0.6) is 0 Å². The van der Waals surface area contributed by atoms with E-state index in [4.69, 9.17) is 0 Å². The van der Waals surface area contributed by atoms with Crippen LogP contribution in [0.4, 0.5) is 4.39 Å². The Morgan fingerprint density at radius 2 is 2.00 bits per heavy atom. The molecule has 8 heteroatoms. The Morgan fingerprint density at radius 3 is 2.85 bits per heavy atom. The van der Waals surface area contributed by atoms with E-state index < -0.39 is 0 Å². The molecular formula is C18H16FN5OS.